The average molecular weight is 523 g/mol. The summed E-state index contributed by atoms with van der Waals surface area (Å²) in [4.78, 5) is 40.3. The molecule has 204 valence electrons. The quantitative estimate of drug-likeness (QED) is 0.479. The molecule has 1 aliphatic heterocycles. The number of nitrogens with one attached hydrogen (secondary N) is 1. The lowest BCUT2D eigenvalue weighted by Gasteiger charge is -2.27. The highest BCUT2D eigenvalue weighted by atomic mass is 16.6. The molecule has 38 heavy (non-hydrogen) atoms. The minimum Gasteiger partial charge on any atom is -0.480 e. The van der Waals surface area contributed by atoms with Crippen LogP contribution in [0.4, 0.5) is 4.79 Å². The Balaban J connectivity index is 1.56. The van der Waals surface area contributed by atoms with Gasteiger partial charge < -0.3 is 19.9 Å². The van der Waals surface area contributed by atoms with Crippen LogP contribution in [0, 0.1) is 5.92 Å². The van der Waals surface area contributed by atoms with Crippen molar-refractivity contribution in [2.75, 3.05) is 19.7 Å². The zero-order valence-corrected chi connectivity index (χ0v) is 22.8. The van der Waals surface area contributed by atoms with Gasteiger partial charge >= 0.3 is 18.0 Å². The van der Waals surface area contributed by atoms with Gasteiger partial charge in [-0.2, -0.15) is 0 Å². The lowest BCUT2D eigenvalue weighted by Crippen LogP contribution is -2.54. The van der Waals surface area contributed by atoms with Crippen LogP contribution in [0.1, 0.15) is 64.5 Å². The Morgan fingerprint density at radius 2 is 1.63 bits per heavy atom. The molecule has 0 unspecified atom stereocenters. The maximum Gasteiger partial charge on any atom is 0.410 e. The molecule has 0 saturated carbocycles. The summed E-state index contributed by atoms with van der Waals surface area (Å²) < 4.78 is 11.4. The predicted octanol–water partition coefficient (Wildman–Crippen LogP) is 4.81. The lowest BCUT2D eigenvalue weighted by molar-refractivity contribution is -0.159. The Kier molecular flexibility index (Phi) is 7.83. The molecule has 2 aliphatic rings. The van der Waals surface area contributed by atoms with E-state index in [0.717, 1.165) is 28.7 Å². The maximum atomic E-state index is 13.5. The summed E-state index contributed by atoms with van der Waals surface area (Å²) in [6.07, 6.45) is -0.0621. The van der Waals surface area contributed by atoms with Crippen LogP contribution in [-0.2, 0) is 19.1 Å². The SMILES string of the molecule is CC(C)CCN[C@]1(C(=O)O)C[C@@H](C(=O)OC(C)(C)C)N(C(=O)OCC2c3ccccc3-c3ccccc32)C1. The van der Waals surface area contributed by atoms with E-state index in [9.17, 15) is 19.5 Å². The lowest BCUT2D eigenvalue weighted by atomic mass is 9.95. The fourth-order valence-electron chi connectivity index (χ4n) is 5.31. The number of fused-ring (bicyclic) bond motifs is 3. The monoisotopic (exact) mass is 522 g/mol. The number of benzene rings is 2. The molecule has 1 aliphatic carbocycles. The minimum absolute atomic E-state index is 0.0747. The molecule has 0 radical (unpaired) electrons. The Hall–Kier alpha value is -3.39. The van der Waals surface area contributed by atoms with Gasteiger partial charge in [0.25, 0.3) is 0 Å². The minimum atomic E-state index is -1.47. The third kappa shape index (κ3) is 5.70. The number of carbonyl (C=O) groups excluding carboxylic acids is 2. The molecule has 0 bridgehead atoms. The average Bonchev–Trinajstić information content (AvgIpc) is 3.39. The first-order valence-electron chi connectivity index (χ1n) is 13.2. The van der Waals surface area contributed by atoms with E-state index in [2.05, 4.69) is 31.3 Å². The van der Waals surface area contributed by atoms with Gasteiger partial charge in [0.15, 0.2) is 0 Å². The van der Waals surface area contributed by atoms with Crippen LogP contribution >= 0.6 is 0 Å². The normalized spacial score (nSPS) is 20.8. The molecular formula is C30H38N2O6. The number of ether oxygens (including phenoxy) is 2. The molecule has 0 aromatic heterocycles. The van der Waals surface area contributed by atoms with Crippen LogP contribution in [0.25, 0.3) is 11.1 Å². The van der Waals surface area contributed by atoms with Gasteiger partial charge in [-0.3, -0.25) is 9.69 Å². The fourth-order valence-corrected chi connectivity index (χ4v) is 5.31. The second-order valence-electron chi connectivity index (χ2n) is 11.7. The first-order valence-corrected chi connectivity index (χ1v) is 13.2. The second kappa shape index (κ2) is 10.8. The Labute approximate surface area is 224 Å². The van der Waals surface area contributed by atoms with Gasteiger partial charge in [-0.25, -0.2) is 9.59 Å². The van der Waals surface area contributed by atoms with Crippen molar-refractivity contribution in [3.8, 4) is 11.1 Å². The van der Waals surface area contributed by atoms with Crippen molar-refractivity contribution in [2.45, 2.75) is 70.6 Å². The summed E-state index contributed by atoms with van der Waals surface area (Å²) in [6.45, 7) is 9.65. The summed E-state index contributed by atoms with van der Waals surface area (Å²) in [5.74, 6) is -1.53. The summed E-state index contributed by atoms with van der Waals surface area (Å²) in [6, 6.07) is 15.0. The number of carboxylic acids is 1. The van der Waals surface area contributed by atoms with Crippen molar-refractivity contribution < 1.29 is 29.0 Å². The van der Waals surface area contributed by atoms with Gasteiger partial charge in [0.1, 0.15) is 23.8 Å². The number of rotatable bonds is 8. The number of hydrogen-bond donors (Lipinski definition) is 2. The van der Waals surface area contributed by atoms with Crippen LogP contribution in [0.3, 0.4) is 0 Å². The number of nitrogens with zero attached hydrogens (tertiary/aromatic N) is 1. The molecule has 2 atom stereocenters. The molecule has 8 heteroatoms. The number of amides is 1. The predicted molar refractivity (Wildman–Crippen MR) is 144 cm³/mol. The molecule has 1 heterocycles. The smallest absolute Gasteiger partial charge is 0.410 e. The van der Waals surface area contributed by atoms with Gasteiger partial charge in [0, 0.05) is 12.3 Å². The van der Waals surface area contributed by atoms with Crippen LogP contribution in [0.2, 0.25) is 0 Å². The second-order valence-corrected chi connectivity index (χ2v) is 11.7. The Morgan fingerprint density at radius 1 is 1.05 bits per heavy atom. The van der Waals surface area contributed by atoms with Crippen molar-refractivity contribution in [3.63, 3.8) is 0 Å². The standard InChI is InChI=1S/C30H38N2O6/c1-19(2)14-15-31-30(27(34)35)16-25(26(33)38-29(3,4)5)32(18-30)28(36)37-17-24-22-12-8-6-10-20(22)21-11-7-9-13-23(21)24/h6-13,19,24-25,31H,14-18H2,1-5H3,(H,34,35)/t25-,30+/m0/s1. The number of hydrogen-bond acceptors (Lipinski definition) is 6. The first kappa shape index (κ1) is 27.6. The van der Waals surface area contributed by atoms with Crippen molar-refractivity contribution in [1.82, 2.24) is 10.2 Å². The third-order valence-corrected chi connectivity index (χ3v) is 7.20. The van der Waals surface area contributed by atoms with E-state index >= 15 is 0 Å². The highest BCUT2D eigenvalue weighted by Gasteiger charge is 2.55. The molecule has 2 aromatic rings. The zero-order chi connectivity index (χ0) is 27.7. The molecule has 1 fully saturated rings. The van der Waals surface area contributed by atoms with Crippen LogP contribution < -0.4 is 5.32 Å². The molecule has 0 spiro atoms. The van der Waals surface area contributed by atoms with E-state index in [1.165, 1.54) is 4.90 Å². The van der Waals surface area contributed by atoms with Crippen LogP contribution in [-0.4, -0.2) is 64.9 Å². The topological polar surface area (TPSA) is 105 Å². The maximum absolute atomic E-state index is 13.5. The molecule has 1 amide bonds. The highest BCUT2D eigenvalue weighted by molar-refractivity contribution is 5.88. The van der Waals surface area contributed by atoms with E-state index in [-0.39, 0.29) is 25.5 Å². The number of carbonyl (C=O) groups is 3. The third-order valence-electron chi connectivity index (χ3n) is 7.20. The molecule has 4 rings (SSSR count). The van der Waals surface area contributed by atoms with Crippen LogP contribution in [0.5, 0.6) is 0 Å². The molecule has 1 saturated heterocycles. The number of aliphatic carboxylic acids is 1. The molecular weight excluding hydrogens is 484 g/mol. The van der Waals surface area contributed by atoms with Crippen molar-refractivity contribution in [1.29, 1.82) is 0 Å². The summed E-state index contributed by atoms with van der Waals surface area (Å²) in [5.41, 5.74) is 2.10. The molecule has 2 N–H and O–H groups in total. The van der Waals surface area contributed by atoms with E-state index in [1.54, 1.807) is 20.8 Å². The number of likely N-dealkylation sites (tertiary alicyclic amines) is 1. The Morgan fingerprint density at radius 3 is 2.16 bits per heavy atom. The van der Waals surface area contributed by atoms with Gasteiger partial charge in [0.05, 0.1) is 6.54 Å². The zero-order valence-electron chi connectivity index (χ0n) is 22.8. The highest BCUT2D eigenvalue weighted by Crippen LogP contribution is 2.44. The van der Waals surface area contributed by atoms with Crippen molar-refractivity contribution >= 4 is 18.0 Å². The number of carboxylic acid groups (broad SMARTS) is 1. The largest absolute Gasteiger partial charge is 0.480 e. The fraction of sp³-hybridized carbons (Fsp3) is 0.500. The van der Waals surface area contributed by atoms with Crippen molar-refractivity contribution in [3.05, 3.63) is 59.7 Å². The van der Waals surface area contributed by atoms with E-state index in [1.807, 2.05) is 36.4 Å². The summed E-state index contributed by atoms with van der Waals surface area (Å²) in [7, 11) is 0. The molecule has 2 aromatic carbocycles. The van der Waals surface area contributed by atoms with E-state index < -0.39 is 35.2 Å². The van der Waals surface area contributed by atoms with Crippen molar-refractivity contribution in [2.24, 2.45) is 5.92 Å². The van der Waals surface area contributed by atoms with Crippen LogP contribution in [0.15, 0.2) is 48.5 Å². The number of esters is 1. The first-order chi connectivity index (χ1) is 17.9. The van der Waals surface area contributed by atoms with E-state index in [4.69, 9.17) is 9.47 Å². The van der Waals surface area contributed by atoms with Gasteiger partial charge in [0.2, 0.25) is 0 Å². The summed E-state index contributed by atoms with van der Waals surface area (Å²) >= 11 is 0. The summed E-state index contributed by atoms with van der Waals surface area (Å²) in [5, 5.41) is 13.3. The van der Waals surface area contributed by atoms with E-state index in [0.29, 0.717) is 12.5 Å². The Bertz CT molecular complexity index is 1160. The van der Waals surface area contributed by atoms with Gasteiger partial charge in [-0.15, -0.1) is 0 Å². The molecule has 8 nitrogen and oxygen atoms in total. The van der Waals surface area contributed by atoms with Gasteiger partial charge in [-0.05, 0) is 61.9 Å². The van der Waals surface area contributed by atoms with Gasteiger partial charge in [-0.1, -0.05) is 62.4 Å².